The maximum absolute atomic E-state index is 12.2. The predicted octanol–water partition coefficient (Wildman–Crippen LogP) is 2.88. The third-order valence-corrected chi connectivity index (χ3v) is 4.67. The molecule has 0 aliphatic heterocycles. The van der Waals surface area contributed by atoms with Gasteiger partial charge in [-0.25, -0.2) is 13.1 Å². The number of pyridine rings is 1. The van der Waals surface area contributed by atoms with Crippen molar-refractivity contribution in [3.63, 3.8) is 0 Å². The van der Waals surface area contributed by atoms with Crippen LogP contribution >= 0.6 is 15.9 Å². The molecule has 1 N–H and O–H groups in total. The van der Waals surface area contributed by atoms with E-state index in [1.807, 2.05) is 6.07 Å². The summed E-state index contributed by atoms with van der Waals surface area (Å²) in [5.41, 5.74) is 0.684. The van der Waals surface area contributed by atoms with Crippen LogP contribution in [-0.4, -0.2) is 13.4 Å². The van der Waals surface area contributed by atoms with E-state index in [1.165, 1.54) is 0 Å². The zero-order valence-electron chi connectivity index (χ0n) is 10.2. The van der Waals surface area contributed by atoms with Gasteiger partial charge in [-0.2, -0.15) is 0 Å². The molecular formula is C13H13BrN2O2S. The molecule has 0 aliphatic carbocycles. The second-order valence-corrected chi connectivity index (χ2v) is 6.68. The summed E-state index contributed by atoms with van der Waals surface area (Å²) < 4.78 is 27.8. The first-order valence-electron chi connectivity index (χ1n) is 5.68. The zero-order chi connectivity index (χ0) is 13.9. The van der Waals surface area contributed by atoms with Gasteiger partial charge >= 0.3 is 0 Å². The number of sulfonamides is 1. The van der Waals surface area contributed by atoms with E-state index in [2.05, 4.69) is 25.6 Å². The summed E-state index contributed by atoms with van der Waals surface area (Å²) in [4.78, 5) is 4.37. The number of hydrogen-bond acceptors (Lipinski definition) is 3. The zero-order valence-corrected chi connectivity index (χ0v) is 12.6. The van der Waals surface area contributed by atoms with Crippen molar-refractivity contribution in [1.82, 2.24) is 9.71 Å². The van der Waals surface area contributed by atoms with E-state index in [0.29, 0.717) is 5.69 Å². The standard InChI is InChI=1S/C13H13BrN2O2S/c1-10(13-4-2-3-9-15-13)16-19(17,18)12-7-5-11(14)6-8-12/h2-10,16H,1H3. The smallest absolute Gasteiger partial charge is 0.241 e. The van der Waals surface area contributed by atoms with Crippen molar-refractivity contribution in [2.45, 2.75) is 17.9 Å². The van der Waals surface area contributed by atoms with Gasteiger partial charge in [0, 0.05) is 10.7 Å². The van der Waals surface area contributed by atoms with Crippen molar-refractivity contribution < 1.29 is 8.42 Å². The Morgan fingerprint density at radius 3 is 2.42 bits per heavy atom. The molecule has 0 aliphatic rings. The Morgan fingerprint density at radius 2 is 1.84 bits per heavy atom. The molecule has 0 radical (unpaired) electrons. The quantitative estimate of drug-likeness (QED) is 0.930. The third-order valence-electron chi connectivity index (χ3n) is 2.59. The Bertz CT molecular complexity index is 642. The summed E-state index contributed by atoms with van der Waals surface area (Å²) in [6, 6.07) is 11.5. The number of aromatic nitrogens is 1. The molecule has 2 aromatic rings. The predicted molar refractivity (Wildman–Crippen MR) is 77.1 cm³/mol. The highest BCUT2D eigenvalue weighted by atomic mass is 79.9. The van der Waals surface area contributed by atoms with Crippen LogP contribution in [0, 0.1) is 0 Å². The van der Waals surface area contributed by atoms with Crippen LogP contribution in [0.5, 0.6) is 0 Å². The summed E-state index contributed by atoms with van der Waals surface area (Å²) in [5, 5.41) is 0. The van der Waals surface area contributed by atoms with Gasteiger partial charge in [-0.05, 0) is 43.3 Å². The van der Waals surface area contributed by atoms with Crippen LogP contribution < -0.4 is 4.72 Å². The highest BCUT2D eigenvalue weighted by molar-refractivity contribution is 9.10. The van der Waals surface area contributed by atoms with Gasteiger partial charge in [0.15, 0.2) is 0 Å². The average molecular weight is 341 g/mol. The lowest BCUT2D eigenvalue weighted by Crippen LogP contribution is -2.27. The van der Waals surface area contributed by atoms with Crippen LogP contribution in [-0.2, 0) is 10.0 Å². The van der Waals surface area contributed by atoms with Crippen molar-refractivity contribution >= 4 is 26.0 Å². The van der Waals surface area contributed by atoms with Gasteiger partial charge in [-0.1, -0.05) is 22.0 Å². The number of nitrogens with zero attached hydrogens (tertiary/aromatic N) is 1. The van der Waals surface area contributed by atoms with Crippen molar-refractivity contribution in [3.05, 3.63) is 58.8 Å². The van der Waals surface area contributed by atoms with E-state index in [9.17, 15) is 8.42 Å². The third kappa shape index (κ3) is 3.62. The van der Waals surface area contributed by atoms with Crippen molar-refractivity contribution in [2.24, 2.45) is 0 Å². The highest BCUT2D eigenvalue weighted by Crippen LogP contribution is 2.17. The maximum atomic E-state index is 12.2. The van der Waals surface area contributed by atoms with Gasteiger partial charge in [0.1, 0.15) is 0 Å². The molecule has 0 saturated carbocycles. The van der Waals surface area contributed by atoms with Crippen LogP contribution in [0.4, 0.5) is 0 Å². The normalized spacial score (nSPS) is 13.2. The molecule has 0 bridgehead atoms. The SMILES string of the molecule is CC(NS(=O)(=O)c1ccc(Br)cc1)c1ccccn1. The van der Waals surface area contributed by atoms with Gasteiger partial charge in [0.05, 0.1) is 16.6 Å². The molecule has 1 unspecified atom stereocenters. The Morgan fingerprint density at radius 1 is 1.16 bits per heavy atom. The molecule has 1 heterocycles. The minimum Gasteiger partial charge on any atom is -0.260 e. The summed E-state index contributed by atoms with van der Waals surface area (Å²) in [7, 11) is -3.54. The number of benzene rings is 1. The minimum atomic E-state index is -3.54. The molecule has 1 atom stereocenters. The van der Waals surface area contributed by atoms with Gasteiger partial charge in [0.2, 0.25) is 10.0 Å². The Hall–Kier alpha value is -1.24. The molecule has 6 heteroatoms. The first-order valence-corrected chi connectivity index (χ1v) is 7.95. The largest absolute Gasteiger partial charge is 0.260 e. The van der Waals surface area contributed by atoms with Crippen LogP contribution in [0.2, 0.25) is 0 Å². The lowest BCUT2D eigenvalue weighted by atomic mass is 10.2. The molecule has 100 valence electrons. The molecule has 0 spiro atoms. The molecule has 1 aromatic carbocycles. The molecule has 4 nitrogen and oxygen atoms in total. The number of halogens is 1. The summed E-state index contributed by atoms with van der Waals surface area (Å²) in [5.74, 6) is 0. The van der Waals surface area contributed by atoms with Gasteiger partial charge in [-0.15, -0.1) is 0 Å². The van der Waals surface area contributed by atoms with E-state index in [1.54, 1.807) is 49.5 Å². The number of hydrogen-bond donors (Lipinski definition) is 1. The van der Waals surface area contributed by atoms with Crippen molar-refractivity contribution in [2.75, 3.05) is 0 Å². The van der Waals surface area contributed by atoms with Crippen LogP contribution in [0.1, 0.15) is 18.7 Å². The number of nitrogens with one attached hydrogen (secondary N) is 1. The van der Waals surface area contributed by atoms with Gasteiger partial charge in [-0.3, -0.25) is 4.98 Å². The molecule has 1 aromatic heterocycles. The Balaban J connectivity index is 2.20. The van der Waals surface area contributed by atoms with Gasteiger partial charge < -0.3 is 0 Å². The summed E-state index contributed by atoms with van der Waals surface area (Å²) >= 11 is 3.27. The average Bonchev–Trinajstić information content (AvgIpc) is 2.40. The number of rotatable bonds is 4. The molecule has 0 saturated heterocycles. The molecule has 0 amide bonds. The first-order chi connectivity index (χ1) is 8.99. The fourth-order valence-electron chi connectivity index (χ4n) is 1.61. The van der Waals surface area contributed by atoms with Crippen LogP contribution in [0.25, 0.3) is 0 Å². The van der Waals surface area contributed by atoms with E-state index < -0.39 is 10.0 Å². The van der Waals surface area contributed by atoms with E-state index >= 15 is 0 Å². The molecule has 2 rings (SSSR count). The highest BCUT2D eigenvalue weighted by Gasteiger charge is 2.18. The minimum absolute atomic E-state index is 0.235. The molecular weight excluding hydrogens is 328 g/mol. The van der Waals surface area contributed by atoms with E-state index in [-0.39, 0.29) is 10.9 Å². The lowest BCUT2D eigenvalue weighted by molar-refractivity contribution is 0.564. The van der Waals surface area contributed by atoms with Crippen LogP contribution in [0.3, 0.4) is 0 Å². The second kappa shape index (κ2) is 5.81. The fraction of sp³-hybridized carbons (Fsp3) is 0.154. The van der Waals surface area contributed by atoms with Crippen LogP contribution in [0.15, 0.2) is 58.0 Å². The maximum Gasteiger partial charge on any atom is 0.241 e. The van der Waals surface area contributed by atoms with E-state index in [4.69, 9.17) is 0 Å². The molecule has 19 heavy (non-hydrogen) atoms. The van der Waals surface area contributed by atoms with E-state index in [0.717, 1.165) is 4.47 Å². The summed E-state index contributed by atoms with van der Waals surface area (Å²) in [6.45, 7) is 1.76. The molecule has 0 fully saturated rings. The van der Waals surface area contributed by atoms with Gasteiger partial charge in [0.25, 0.3) is 0 Å². The Kier molecular flexibility index (Phi) is 4.34. The monoisotopic (exact) mass is 340 g/mol. The second-order valence-electron chi connectivity index (χ2n) is 4.05. The fourth-order valence-corrected chi connectivity index (χ4v) is 3.09. The topological polar surface area (TPSA) is 59.1 Å². The lowest BCUT2D eigenvalue weighted by Gasteiger charge is -2.13. The van der Waals surface area contributed by atoms with Crippen molar-refractivity contribution in [1.29, 1.82) is 0 Å². The summed E-state index contributed by atoms with van der Waals surface area (Å²) in [6.07, 6.45) is 1.64. The first kappa shape index (κ1) is 14.2. The van der Waals surface area contributed by atoms with Crippen molar-refractivity contribution in [3.8, 4) is 0 Å². The Labute approximate surface area is 121 Å².